The molecular weight excluding hydrogens is 442 g/mol. The SMILES string of the molecule is Cc1c(C)n2c3c(=O)n(Cc4ccccc4Cl)c(=O)n(C)c3nc2n1CCCn1ccnc1. The standard InChI is InChI=1S/C23H24ClN7O2/c1-15-16(2)31-19-20(26-22(31)29(15)11-6-10-28-12-9-25-14-28)27(3)23(33)30(21(19)32)13-17-7-4-5-8-18(17)24/h4-5,7-9,12,14H,6,10-11,13H2,1-3H3. The van der Waals surface area contributed by atoms with Crippen molar-refractivity contribution in [1.82, 2.24) is 32.6 Å². The zero-order valence-corrected chi connectivity index (χ0v) is 19.5. The Balaban J connectivity index is 1.65. The lowest BCUT2D eigenvalue weighted by atomic mass is 10.2. The molecule has 0 radical (unpaired) electrons. The molecule has 0 fully saturated rings. The summed E-state index contributed by atoms with van der Waals surface area (Å²) in [6.07, 6.45) is 6.37. The fraction of sp³-hybridized carbons (Fsp3) is 0.304. The number of aryl methyl sites for hydroxylation is 4. The van der Waals surface area contributed by atoms with Crippen LogP contribution in [0.1, 0.15) is 23.4 Å². The molecule has 10 heteroatoms. The van der Waals surface area contributed by atoms with E-state index < -0.39 is 5.69 Å². The van der Waals surface area contributed by atoms with E-state index in [1.807, 2.05) is 47.2 Å². The molecule has 0 N–H and O–H groups in total. The van der Waals surface area contributed by atoms with Crippen molar-refractivity contribution in [3.63, 3.8) is 0 Å². The molecule has 9 nitrogen and oxygen atoms in total. The maximum Gasteiger partial charge on any atom is 0.332 e. The Labute approximate surface area is 194 Å². The first-order valence-corrected chi connectivity index (χ1v) is 11.1. The molecule has 0 saturated carbocycles. The second-order valence-corrected chi connectivity index (χ2v) is 8.63. The van der Waals surface area contributed by atoms with Gasteiger partial charge < -0.3 is 9.13 Å². The molecular formula is C23H24ClN7O2. The lowest BCUT2D eigenvalue weighted by molar-refractivity contribution is 0.563. The predicted molar refractivity (Wildman–Crippen MR) is 127 cm³/mol. The van der Waals surface area contributed by atoms with Crippen molar-refractivity contribution >= 4 is 28.5 Å². The lowest BCUT2D eigenvalue weighted by Crippen LogP contribution is -2.39. The van der Waals surface area contributed by atoms with Gasteiger partial charge in [0.05, 0.1) is 12.9 Å². The van der Waals surface area contributed by atoms with Crippen molar-refractivity contribution in [3.8, 4) is 0 Å². The van der Waals surface area contributed by atoms with Gasteiger partial charge in [-0.25, -0.2) is 9.78 Å². The van der Waals surface area contributed by atoms with Crippen molar-refractivity contribution in [2.24, 2.45) is 7.05 Å². The van der Waals surface area contributed by atoms with Gasteiger partial charge >= 0.3 is 5.69 Å². The monoisotopic (exact) mass is 465 g/mol. The Kier molecular flexibility index (Phi) is 5.20. The molecule has 0 spiro atoms. The fourth-order valence-electron chi connectivity index (χ4n) is 4.35. The summed E-state index contributed by atoms with van der Waals surface area (Å²) in [6, 6.07) is 7.22. The number of fused-ring (bicyclic) bond motifs is 3. The summed E-state index contributed by atoms with van der Waals surface area (Å²) in [5.41, 5.74) is 2.65. The molecule has 4 heterocycles. The van der Waals surface area contributed by atoms with E-state index in [1.54, 1.807) is 25.6 Å². The first-order valence-electron chi connectivity index (χ1n) is 10.7. The number of imidazole rings is 3. The highest BCUT2D eigenvalue weighted by atomic mass is 35.5. The van der Waals surface area contributed by atoms with E-state index in [4.69, 9.17) is 16.6 Å². The quantitative estimate of drug-likeness (QED) is 0.386. The van der Waals surface area contributed by atoms with E-state index in [0.717, 1.165) is 30.9 Å². The number of halogens is 1. The third-order valence-corrected chi connectivity index (χ3v) is 6.64. The van der Waals surface area contributed by atoms with Gasteiger partial charge in [-0.2, -0.15) is 4.98 Å². The van der Waals surface area contributed by atoms with E-state index in [9.17, 15) is 9.59 Å². The minimum Gasteiger partial charge on any atom is -0.337 e. The Hall–Kier alpha value is -3.59. The van der Waals surface area contributed by atoms with E-state index in [0.29, 0.717) is 27.5 Å². The largest absolute Gasteiger partial charge is 0.337 e. The molecule has 0 unspecified atom stereocenters. The normalized spacial score (nSPS) is 11.8. The zero-order chi connectivity index (χ0) is 23.3. The van der Waals surface area contributed by atoms with Crippen LogP contribution in [0.4, 0.5) is 0 Å². The minimum absolute atomic E-state index is 0.0952. The molecule has 0 atom stereocenters. The Morgan fingerprint density at radius 2 is 1.82 bits per heavy atom. The van der Waals surface area contributed by atoms with Crippen LogP contribution >= 0.6 is 11.6 Å². The van der Waals surface area contributed by atoms with Gasteiger partial charge in [0.2, 0.25) is 5.78 Å². The Bertz CT molecular complexity index is 1600. The van der Waals surface area contributed by atoms with Crippen LogP contribution in [0.25, 0.3) is 16.9 Å². The van der Waals surface area contributed by atoms with Crippen LogP contribution in [0.5, 0.6) is 0 Å². The van der Waals surface area contributed by atoms with E-state index in [1.165, 1.54) is 9.13 Å². The number of benzene rings is 1. The van der Waals surface area contributed by atoms with Crippen LogP contribution in [-0.4, -0.2) is 32.6 Å². The lowest BCUT2D eigenvalue weighted by Gasteiger charge is -2.10. The zero-order valence-electron chi connectivity index (χ0n) is 18.7. The first kappa shape index (κ1) is 21.3. The highest BCUT2D eigenvalue weighted by Gasteiger charge is 2.22. The summed E-state index contributed by atoms with van der Waals surface area (Å²) < 4.78 is 8.66. The summed E-state index contributed by atoms with van der Waals surface area (Å²) >= 11 is 6.29. The first-order chi connectivity index (χ1) is 15.9. The van der Waals surface area contributed by atoms with Gasteiger partial charge in [0.1, 0.15) is 0 Å². The van der Waals surface area contributed by atoms with Gasteiger partial charge in [-0.3, -0.25) is 18.3 Å². The topological polar surface area (TPSA) is 84.0 Å². The van der Waals surface area contributed by atoms with Crippen LogP contribution in [0.15, 0.2) is 52.6 Å². The smallest absolute Gasteiger partial charge is 0.332 e. The average Bonchev–Trinajstić information content (AvgIpc) is 3.51. The third kappa shape index (κ3) is 3.39. The average molecular weight is 466 g/mol. The van der Waals surface area contributed by atoms with E-state index >= 15 is 0 Å². The van der Waals surface area contributed by atoms with Crippen molar-refractivity contribution < 1.29 is 0 Å². The maximum atomic E-state index is 13.6. The second-order valence-electron chi connectivity index (χ2n) is 8.22. The second kappa shape index (κ2) is 8.08. The van der Waals surface area contributed by atoms with E-state index in [-0.39, 0.29) is 12.1 Å². The van der Waals surface area contributed by atoms with Gasteiger partial charge in [0.25, 0.3) is 5.56 Å². The summed E-state index contributed by atoms with van der Waals surface area (Å²) in [5, 5.41) is 0.515. The molecule has 5 aromatic rings. The van der Waals surface area contributed by atoms with Crippen LogP contribution < -0.4 is 11.2 Å². The Morgan fingerprint density at radius 3 is 2.55 bits per heavy atom. The van der Waals surface area contributed by atoms with Gasteiger partial charge in [-0.15, -0.1) is 0 Å². The fourth-order valence-corrected chi connectivity index (χ4v) is 4.55. The molecule has 0 aliphatic carbocycles. The minimum atomic E-state index is -0.422. The van der Waals surface area contributed by atoms with Crippen molar-refractivity contribution in [1.29, 1.82) is 0 Å². The predicted octanol–water partition coefficient (Wildman–Crippen LogP) is 2.75. The van der Waals surface area contributed by atoms with Gasteiger partial charge in [-0.1, -0.05) is 29.8 Å². The molecule has 0 aliphatic rings. The molecule has 33 heavy (non-hydrogen) atoms. The highest BCUT2D eigenvalue weighted by Crippen LogP contribution is 2.21. The Morgan fingerprint density at radius 1 is 1.03 bits per heavy atom. The van der Waals surface area contributed by atoms with Crippen LogP contribution in [0.2, 0.25) is 5.02 Å². The summed E-state index contributed by atoms with van der Waals surface area (Å²) in [7, 11) is 1.64. The van der Waals surface area contributed by atoms with Crippen molar-refractivity contribution in [2.75, 3.05) is 0 Å². The molecule has 1 aromatic carbocycles. The summed E-state index contributed by atoms with van der Waals surface area (Å²) in [5.74, 6) is 0.660. The molecule has 0 saturated heterocycles. The number of rotatable bonds is 6. The summed E-state index contributed by atoms with van der Waals surface area (Å²) in [6.45, 7) is 5.65. The van der Waals surface area contributed by atoms with Gasteiger partial charge in [0.15, 0.2) is 11.2 Å². The molecule has 4 aromatic heterocycles. The number of nitrogens with zero attached hydrogens (tertiary/aromatic N) is 7. The molecule has 170 valence electrons. The molecule has 0 bridgehead atoms. The number of hydrogen-bond acceptors (Lipinski definition) is 4. The van der Waals surface area contributed by atoms with Crippen LogP contribution in [0, 0.1) is 13.8 Å². The maximum absolute atomic E-state index is 13.6. The third-order valence-electron chi connectivity index (χ3n) is 6.27. The van der Waals surface area contributed by atoms with Crippen LogP contribution in [0.3, 0.4) is 0 Å². The van der Waals surface area contributed by atoms with E-state index in [2.05, 4.69) is 9.55 Å². The number of aromatic nitrogens is 7. The van der Waals surface area contributed by atoms with Crippen molar-refractivity contribution in [2.45, 2.75) is 39.9 Å². The van der Waals surface area contributed by atoms with Gasteiger partial charge in [0, 0.05) is 48.9 Å². The molecule has 5 rings (SSSR count). The number of hydrogen-bond donors (Lipinski definition) is 0. The molecule has 0 aliphatic heterocycles. The van der Waals surface area contributed by atoms with Crippen LogP contribution in [-0.2, 0) is 26.7 Å². The molecule has 0 amide bonds. The summed E-state index contributed by atoms with van der Waals surface area (Å²) in [4.78, 5) is 35.4. The highest BCUT2D eigenvalue weighted by molar-refractivity contribution is 6.31. The van der Waals surface area contributed by atoms with Gasteiger partial charge in [-0.05, 0) is 31.9 Å². The van der Waals surface area contributed by atoms with Crippen molar-refractivity contribution in [3.05, 3.63) is 85.8 Å².